The fourth-order valence-corrected chi connectivity index (χ4v) is 0.625. The van der Waals surface area contributed by atoms with Crippen LogP contribution in [-0.2, 0) is 6.42 Å². The van der Waals surface area contributed by atoms with Crippen molar-refractivity contribution in [2.45, 2.75) is 6.42 Å². The number of likely N-dealkylation sites (N-methyl/N-ethyl adjacent to an activating group) is 1. The van der Waals surface area contributed by atoms with Crippen molar-refractivity contribution in [3.63, 3.8) is 0 Å². The molecule has 56 valence electrons. The van der Waals surface area contributed by atoms with E-state index in [1.54, 1.807) is 0 Å². The van der Waals surface area contributed by atoms with Crippen molar-refractivity contribution in [3.05, 3.63) is 5.82 Å². The van der Waals surface area contributed by atoms with Gasteiger partial charge in [-0.2, -0.15) is 5.21 Å². The molecular weight excluding hydrogens is 130 g/mol. The zero-order valence-electron chi connectivity index (χ0n) is 6.20. The summed E-state index contributed by atoms with van der Waals surface area (Å²) in [5.41, 5.74) is 0. The zero-order valence-corrected chi connectivity index (χ0v) is 6.20. The molecule has 5 nitrogen and oxygen atoms in total. The molecule has 0 radical (unpaired) electrons. The summed E-state index contributed by atoms with van der Waals surface area (Å²) in [6.45, 7) is 1.02. The van der Waals surface area contributed by atoms with Crippen LogP contribution in [0.2, 0.25) is 0 Å². The van der Waals surface area contributed by atoms with Gasteiger partial charge in [0.25, 0.3) is 0 Å². The first-order chi connectivity index (χ1) is 4.79. The molecule has 0 aliphatic rings. The number of quaternary nitrogens is 1. The van der Waals surface area contributed by atoms with E-state index in [0.717, 1.165) is 18.8 Å². The molecule has 0 unspecified atom stereocenters. The van der Waals surface area contributed by atoms with Crippen molar-refractivity contribution in [1.29, 1.82) is 0 Å². The maximum Gasteiger partial charge on any atom is 0.0812 e. The van der Waals surface area contributed by atoms with Crippen molar-refractivity contribution < 1.29 is 4.90 Å². The van der Waals surface area contributed by atoms with Crippen molar-refractivity contribution >= 4 is 0 Å². The summed E-state index contributed by atoms with van der Waals surface area (Å²) in [5, 5.41) is 14.2. The Bertz CT molecular complexity index is 168. The maximum atomic E-state index is 3.70. The van der Waals surface area contributed by atoms with Crippen LogP contribution < -0.4 is 10.00 Å². The summed E-state index contributed by atoms with van der Waals surface area (Å²) < 4.78 is 0. The molecule has 0 saturated carbocycles. The Morgan fingerprint density at radius 1 is 1.50 bits per heavy atom. The molecule has 1 heterocycles. The Kier molecular flexibility index (Phi) is 2.33. The highest BCUT2D eigenvalue weighted by molar-refractivity contribution is 4.73. The minimum atomic E-state index is 0.737. The van der Waals surface area contributed by atoms with Crippen LogP contribution in [0.3, 0.4) is 0 Å². The van der Waals surface area contributed by atoms with Crippen molar-refractivity contribution in [2.75, 3.05) is 20.6 Å². The van der Waals surface area contributed by atoms with Crippen LogP contribution in [0, 0.1) is 0 Å². The molecule has 0 aromatic carbocycles. The smallest absolute Gasteiger partial charge is 0.0812 e. The van der Waals surface area contributed by atoms with Crippen LogP contribution in [0.5, 0.6) is 0 Å². The van der Waals surface area contributed by atoms with Gasteiger partial charge in [0.05, 0.1) is 20.6 Å². The molecule has 0 atom stereocenters. The van der Waals surface area contributed by atoms with E-state index >= 15 is 0 Å². The fraction of sp³-hybridized carbons (Fsp3) is 0.800. The third-order valence-electron chi connectivity index (χ3n) is 1.21. The summed E-state index contributed by atoms with van der Waals surface area (Å²) in [6.07, 6.45) is 0.856. The first-order valence-corrected chi connectivity index (χ1v) is 3.25. The summed E-state index contributed by atoms with van der Waals surface area (Å²) in [6, 6.07) is 0. The van der Waals surface area contributed by atoms with Crippen LogP contribution in [0.15, 0.2) is 0 Å². The Labute approximate surface area is 59.4 Å². The average molecular weight is 141 g/mol. The third-order valence-corrected chi connectivity index (χ3v) is 1.21. The van der Waals surface area contributed by atoms with Gasteiger partial charge in [-0.3, -0.25) is 10.3 Å². The SMILES string of the molecule is C[NH+](C)CCc1nnn[n-]1. The lowest BCUT2D eigenvalue weighted by Crippen LogP contribution is -3.06. The predicted octanol–water partition coefficient (Wildman–Crippen LogP) is -2.48. The molecule has 0 aliphatic heterocycles. The molecule has 0 fully saturated rings. The number of rotatable bonds is 3. The zero-order chi connectivity index (χ0) is 7.40. The van der Waals surface area contributed by atoms with Crippen LogP contribution in [0.1, 0.15) is 5.82 Å². The van der Waals surface area contributed by atoms with E-state index in [1.165, 1.54) is 4.90 Å². The summed E-state index contributed by atoms with van der Waals surface area (Å²) in [5.74, 6) is 0.737. The quantitative estimate of drug-likeness (QED) is 0.506. The molecule has 1 rings (SSSR count). The van der Waals surface area contributed by atoms with Gasteiger partial charge >= 0.3 is 0 Å². The average Bonchev–Trinajstić information content (AvgIpc) is 2.34. The monoisotopic (exact) mass is 141 g/mol. The van der Waals surface area contributed by atoms with Crippen LogP contribution in [0.25, 0.3) is 0 Å². The summed E-state index contributed by atoms with van der Waals surface area (Å²) in [4.78, 5) is 1.38. The molecular formula is C5H11N5. The topological polar surface area (TPSA) is 57.2 Å². The molecule has 1 aromatic heterocycles. The van der Waals surface area contributed by atoms with E-state index in [0.29, 0.717) is 0 Å². The molecule has 0 spiro atoms. The second kappa shape index (κ2) is 3.26. The highest BCUT2D eigenvalue weighted by Crippen LogP contribution is 1.78. The molecule has 10 heavy (non-hydrogen) atoms. The largest absolute Gasteiger partial charge is 0.340 e. The number of hydrogen-bond acceptors (Lipinski definition) is 3. The van der Waals surface area contributed by atoms with Gasteiger partial charge in [0, 0.05) is 12.2 Å². The third kappa shape index (κ3) is 2.10. The van der Waals surface area contributed by atoms with E-state index in [2.05, 4.69) is 34.7 Å². The molecule has 1 N–H and O–H groups in total. The van der Waals surface area contributed by atoms with Gasteiger partial charge in [-0.15, -0.1) is 0 Å². The standard InChI is InChI=1S/C5H10N5/c1-10(2)4-3-5-6-8-9-7-5/h3-4H2,1-2H3/q-1/p+1. The normalized spacial score (nSPS) is 10.7. The molecule has 1 aromatic rings. The lowest BCUT2D eigenvalue weighted by atomic mass is 10.4. The predicted molar refractivity (Wildman–Crippen MR) is 34.5 cm³/mol. The van der Waals surface area contributed by atoms with Crippen LogP contribution >= 0.6 is 0 Å². The number of nitrogens with one attached hydrogen (secondary N) is 1. The maximum absolute atomic E-state index is 3.70. The number of hydrogen-bond donors (Lipinski definition) is 1. The van der Waals surface area contributed by atoms with Gasteiger partial charge in [-0.1, -0.05) is 0 Å². The Hall–Kier alpha value is -0.970. The second-order valence-corrected chi connectivity index (χ2v) is 2.50. The Morgan fingerprint density at radius 3 is 2.80 bits per heavy atom. The summed E-state index contributed by atoms with van der Waals surface area (Å²) >= 11 is 0. The molecule has 0 saturated heterocycles. The fourth-order valence-electron chi connectivity index (χ4n) is 0.625. The Morgan fingerprint density at radius 2 is 2.30 bits per heavy atom. The lowest BCUT2D eigenvalue weighted by molar-refractivity contribution is -0.858. The highest BCUT2D eigenvalue weighted by atomic mass is 15.5. The van der Waals surface area contributed by atoms with E-state index < -0.39 is 0 Å². The molecule has 0 amide bonds. The molecule has 5 heteroatoms. The first kappa shape index (κ1) is 7.14. The van der Waals surface area contributed by atoms with Gasteiger partial charge in [0.1, 0.15) is 0 Å². The lowest BCUT2D eigenvalue weighted by Gasteiger charge is -2.05. The number of tetrazole rings is 1. The van der Waals surface area contributed by atoms with Crippen molar-refractivity contribution in [1.82, 2.24) is 20.6 Å². The van der Waals surface area contributed by atoms with Gasteiger partial charge in [0.2, 0.25) is 0 Å². The van der Waals surface area contributed by atoms with Gasteiger partial charge in [-0.25, -0.2) is 0 Å². The van der Waals surface area contributed by atoms with Crippen LogP contribution in [0.4, 0.5) is 0 Å². The number of nitrogens with zero attached hydrogens (tertiary/aromatic N) is 4. The molecule has 0 aliphatic carbocycles. The van der Waals surface area contributed by atoms with Crippen LogP contribution in [-0.4, -0.2) is 36.2 Å². The van der Waals surface area contributed by atoms with Gasteiger partial charge in [0.15, 0.2) is 0 Å². The minimum Gasteiger partial charge on any atom is -0.340 e. The first-order valence-electron chi connectivity index (χ1n) is 3.25. The molecule has 0 bridgehead atoms. The number of aromatic nitrogens is 4. The van der Waals surface area contributed by atoms with E-state index in [-0.39, 0.29) is 0 Å². The van der Waals surface area contributed by atoms with E-state index in [4.69, 9.17) is 0 Å². The van der Waals surface area contributed by atoms with Crippen molar-refractivity contribution in [3.8, 4) is 0 Å². The summed E-state index contributed by atoms with van der Waals surface area (Å²) in [7, 11) is 4.17. The second-order valence-electron chi connectivity index (χ2n) is 2.50. The highest BCUT2D eigenvalue weighted by Gasteiger charge is 1.93. The Balaban J connectivity index is 2.28. The van der Waals surface area contributed by atoms with Gasteiger partial charge in [-0.05, 0) is 0 Å². The minimum absolute atomic E-state index is 0.737. The van der Waals surface area contributed by atoms with Gasteiger partial charge < -0.3 is 10.00 Å². The van der Waals surface area contributed by atoms with Crippen molar-refractivity contribution in [2.24, 2.45) is 0 Å². The van der Waals surface area contributed by atoms with E-state index in [1.807, 2.05) is 0 Å². The van der Waals surface area contributed by atoms with E-state index in [9.17, 15) is 0 Å².